The van der Waals surface area contributed by atoms with Crippen LogP contribution in [0.2, 0.25) is 0 Å². The second-order valence-electron chi connectivity index (χ2n) is 5.43. The molecule has 2 atom stereocenters. The SMILES string of the molecule is Cc1ccccc1N1C(C)CN(C)CC1CCO. The Bertz CT molecular complexity index is 394. The zero-order chi connectivity index (χ0) is 13.1. The highest BCUT2D eigenvalue weighted by Gasteiger charge is 2.30. The van der Waals surface area contributed by atoms with Crippen LogP contribution in [0.1, 0.15) is 18.9 Å². The third-order valence-electron chi connectivity index (χ3n) is 3.82. The molecule has 1 aromatic rings. The molecule has 1 saturated heterocycles. The minimum absolute atomic E-state index is 0.258. The first-order valence-electron chi connectivity index (χ1n) is 6.77. The van der Waals surface area contributed by atoms with E-state index in [0.29, 0.717) is 12.1 Å². The molecule has 0 aliphatic carbocycles. The molecule has 0 radical (unpaired) electrons. The van der Waals surface area contributed by atoms with Gasteiger partial charge in [-0.05, 0) is 38.9 Å². The van der Waals surface area contributed by atoms with Crippen LogP contribution in [0.5, 0.6) is 0 Å². The van der Waals surface area contributed by atoms with Crippen molar-refractivity contribution in [2.45, 2.75) is 32.4 Å². The van der Waals surface area contributed by atoms with Crippen molar-refractivity contribution in [2.75, 3.05) is 31.6 Å². The van der Waals surface area contributed by atoms with E-state index in [0.717, 1.165) is 19.5 Å². The van der Waals surface area contributed by atoms with Crippen LogP contribution in [0, 0.1) is 6.92 Å². The number of para-hydroxylation sites is 1. The fraction of sp³-hybridized carbons (Fsp3) is 0.600. The van der Waals surface area contributed by atoms with Gasteiger partial charge >= 0.3 is 0 Å². The normalized spacial score (nSPS) is 25.4. The molecular weight excluding hydrogens is 224 g/mol. The number of benzene rings is 1. The second-order valence-corrected chi connectivity index (χ2v) is 5.43. The number of hydrogen-bond donors (Lipinski definition) is 1. The molecule has 1 aliphatic rings. The zero-order valence-corrected chi connectivity index (χ0v) is 11.6. The van der Waals surface area contributed by atoms with E-state index in [2.05, 4.69) is 55.0 Å². The molecule has 0 amide bonds. The van der Waals surface area contributed by atoms with E-state index in [1.54, 1.807) is 0 Å². The van der Waals surface area contributed by atoms with Gasteiger partial charge in [0.15, 0.2) is 0 Å². The third kappa shape index (κ3) is 2.68. The van der Waals surface area contributed by atoms with Crippen LogP contribution in [-0.4, -0.2) is 48.8 Å². The largest absolute Gasteiger partial charge is 0.396 e. The average Bonchev–Trinajstić information content (AvgIpc) is 2.31. The number of aliphatic hydroxyl groups is 1. The van der Waals surface area contributed by atoms with E-state index in [9.17, 15) is 5.11 Å². The highest BCUT2D eigenvalue weighted by molar-refractivity contribution is 5.55. The Morgan fingerprint density at radius 3 is 2.67 bits per heavy atom. The Morgan fingerprint density at radius 2 is 2.00 bits per heavy atom. The fourth-order valence-electron chi connectivity index (χ4n) is 3.09. The lowest BCUT2D eigenvalue weighted by Crippen LogP contribution is -2.57. The molecule has 3 nitrogen and oxygen atoms in total. The van der Waals surface area contributed by atoms with Gasteiger partial charge in [0.2, 0.25) is 0 Å². The maximum Gasteiger partial charge on any atom is 0.0451 e. The molecule has 0 bridgehead atoms. The zero-order valence-electron chi connectivity index (χ0n) is 11.6. The number of nitrogens with zero attached hydrogens (tertiary/aromatic N) is 2. The number of hydrogen-bond acceptors (Lipinski definition) is 3. The number of anilines is 1. The van der Waals surface area contributed by atoms with Crippen LogP contribution in [0.25, 0.3) is 0 Å². The van der Waals surface area contributed by atoms with Crippen LogP contribution in [0.15, 0.2) is 24.3 Å². The van der Waals surface area contributed by atoms with E-state index in [4.69, 9.17) is 0 Å². The van der Waals surface area contributed by atoms with Crippen molar-refractivity contribution in [1.82, 2.24) is 4.90 Å². The predicted molar refractivity (Wildman–Crippen MR) is 76.1 cm³/mol. The highest BCUT2D eigenvalue weighted by Crippen LogP contribution is 2.28. The molecule has 1 aliphatic heterocycles. The Morgan fingerprint density at radius 1 is 1.28 bits per heavy atom. The van der Waals surface area contributed by atoms with E-state index >= 15 is 0 Å². The molecule has 2 rings (SSSR count). The Labute approximate surface area is 110 Å². The van der Waals surface area contributed by atoms with Gasteiger partial charge in [0.1, 0.15) is 0 Å². The van der Waals surface area contributed by atoms with Crippen LogP contribution < -0.4 is 4.90 Å². The number of piperazine rings is 1. The molecule has 0 saturated carbocycles. The average molecular weight is 248 g/mol. The summed E-state index contributed by atoms with van der Waals surface area (Å²) in [6.07, 6.45) is 0.836. The van der Waals surface area contributed by atoms with Crippen LogP contribution >= 0.6 is 0 Å². The first-order valence-corrected chi connectivity index (χ1v) is 6.77. The maximum absolute atomic E-state index is 9.28. The van der Waals surface area contributed by atoms with Crippen molar-refractivity contribution in [2.24, 2.45) is 0 Å². The summed E-state index contributed by atoms with van der Waals surface area (Å²) >= 11 is 0. The fourth-order valence-corrected chi connectivity index (χ4v) is 3.09. The summed E-state index contributed by atoms with van der Waals surface area (Å²) in [4.78, 5) is 4.85. The number of aliphatic hydroxyl groups excluding tert-OH is 1. The van der Waals surface area contributed by atoms with Crippen molar-refractivity contribution >= 4 is 5.69 Å². The molecule has 1 fully saturated rings. The quantitative estimate of drug-likeness (QED) is 0.885. The minimum atomic E-state index is 0.258. The lowest BCUT2D eigenvalue weighted by atomic mass is 10.0. The first kappa shape index (κ1) is 13.4. The monoisotopic (exact) mass is 248 g/mol. The molecule has 100 valence electrons. The number of likely N-dealkylation sites (N-methyl/N-ethyl adjacent to an activating group) is 1. The lowest BCUT2D eigenvalue weighted by Gasteiger charge is -2.46. The van der Waals surface area contributed by atoms with E-state index in [1.165, 1.54) is 11.3 Å². The smallest absolute Gasteiger partial charge is 0.0451 e. The van der Waals surface area contributed by atoms with Gasteiger partial charge in [0.25, 0.3) is 0 Å². The number of rotatable bonds is 3. The highest BCUT2D eigenvalue weighted by atomic mass is 16.3. The third-order valence-corrected chi connectivity index (χ3v) is 3.82. The molecule has 0 spiro atoms. The van der Waals surface area contributed by atoms with Gasteiger partial charge in [0, 0.05) is 37.5 Å². The molecular formula is C15H24N2O. The van der Waals surface area contributed by atoms with Crippen molar-refractivity contribution in [3.63, 3.8) is 0 Å². The van der Waals surface area contributed by atoms with Crippen LogP contribution in [-0.2, 0) is 0 Å². The van der Waals surface area contributed by atoms with Crippen molar-refractivity contribution in [3.8, 4) is 0 Å². The van der Waals surface area contributed by atoms with Gasteiger partial charge in [-0.15, -0.1) is 0 Å². The molecule has 1 aromatic carbocycles. The summed E-state index contributed by atoms with van der Waals surface area (Å²) in [5, 5.41) is 9.28. The minimum Gasteiger partial charge on any atom is -0.396 e. The molecule has 18 heavy (non-hydrogen) atoms. The van der Waals surface area contributed by atoms with E-state index in [1.807, 2.05) is 0 Å². The summed E-state index contributed by atoms with van der Waals surface area (Å²) in [5.41, 5.74) is 2.63. The van der Waals surface area contributed by atoms with Gasteiger partial charge in [-0.2, -0.15) is 0 Å². The van der Waals surface area contributed by atoms with Crippen molar-refractivity contribution in [3.05, 3.63) is 29.8 Å². The standard InChI is InChI=1S/C15H24N2O/c1-12-6-4-5-7-15(12)17-13(2)10-16(3)11-14(17)8-9-18/h4-7,13-14,18H,8-11H2,1-3H3. The van der Waals surface area contributed by atoms with Gasteiger partial charge in [0.05, 0.1) is 0 Å². The van der Waals surface area contributed by atoms with Gasteiger partial charge < -0.3 is 14.9 Å². The Kier molecular flexibility index (Phi) is 4.25. The van der Waals surface area contributed by atoms with Crippen molar-refractivity contribution in [1.29, 1.82) is 0 Å². The second kappa shape index (κ2) is 5.72. The molecule has 0 aromatic heterocycles. The summed E-state index contributed by atoms with van der Waals surface area (Å²) in [6, 6.07) is 9.44. The summed E-state index contributed by atoms with van der Waals surface area (Å²) < 4.78 is 0. The van der Waals surface area contributed by atoms with Gasteiger partial charge in [-0.3, -0.25) is 0 Å². The van der Waals surface area contributed by atoms with Gasteiger partial charge in [-0.25, -0.2) is 0 Å². The number of aryl methyl sites for hydroxylation is 1. The van der Waals surface area contributed by atoms with Crippen LogP contribution in [0.4, 0.5) is 5.69 Å². The summed E-state index contributed by atoms with van der Waals surface area (Å²) in [6.45, 7) is 6.80. The maximum atomic E-state index is 9.28. The van der Waals surface area contributed by atoms with Gasteiger partial charge in [-0.1, -0.05) is 18.2 Å². The molecule has 3 heteroatoms. The van der Waals surface area contributed by atoms with Crippen LogP contribution in [0.3, 0.4) is 0 Å². The lowest BCUT2D eigenvalue weighted by molar-refractivity contribution is 0.198. The van der Waals surface area contributed by atoms with E-state index < -0.39 is 0 Å². The Balaban J connectivity index is 2.29. The topological polar surface area (TPSA) is 26.7 Å². The summed E-state index contributed by atoms with van der Waals surface area (Å²) in [7, 11) is 2.16. The molecule has 1 heterocycles. The van der Waals surface area contributed by atoms with Crippen molar-refractivity contribution < 1.29 is 5.11 Å². The summed E-state index contributed by atoms with van der Waals surface area (Å²) in [5.74, 6) is 0. The predicted octanol–water partition coefficient (Wildman–Crippen LogP) is 1.89. The molecule has 2 unspecified atom stereocenters. The van der Waals surface area contributed by atoms with E-state index in [-0.39, 0.29) is 6.61 Å². The Hall–Kier alpha value is -1.06. The first-order chi connectivity index (χ1) is 8.63. The molecule has 1 N–H and O–H groups in total.